The van der Waals surface area contributed by atoms with Gasteiger partial charge in [-0.05, 0) is 43.5 Å². The highest BCUT2D eigenvalue weighted by Crippen LogP contribution is 2.38. The largest absolute Gasteiger partial charge is 0.481 e. The summed E-state index contributed by atoms with van der Waals surface area (Å²) in [6, 6.07) is 7.08. The molecule has 0 saturated carbocycles. The molecule has 0 spiro atoms. The molecule has 1 atom stereocenters. The third-order valence-electron chi connectivity index (χ3n) is 5.21. The van der Waals surface area contributed by atoms with Crippen molar-refractivity contribution >= 4 is 11.9 Å². The number of furan rings is 1. The van der Waals surface area contributed by atoms with E-state index in [1.807, 2.05) is 19.9 Å². The zero-order chi connectivity index (χ0) is 18.2. The molecule has 1 saturated heterocycles. The summed E-state index contributed by atoms with van der Waals surface area (Å²) in [5.74, 6) is -0.392. The second-order valence-electron chi connectivity index (χ2n) is 6.90. The minimum Gasteiger partial charge on any atom is -0.481 e. The van der Waals surface area contributed by atoms with Gasteiger partial charge in [-0.2, -0.15) is 0 Å². The van der Waals surface area contributed by atoms with Crippen molar-refractivity contribution in [3.05, 3.63) is 41.8 Å². The van der Waals surface area contributed by atoms with Crippen LogP contribution in [0.3, 0.4) is 0 Å². The Kier molecular flexibility index (Phi) is 4.37. The number of amides is 1. The number of carbonyl (C=O) groups is 2. The summed E-state index contributed by atoms with van der Waals surface area (Å²) in [4.78, 5) is 30.7. The molecular weight excluding hydrogens is 320 g/mol. The molecular formula is C19H22N2O4. The van der Waals surface area contributed by atoms with E-state index in [0.29, 0.717) is 35.7 Å². The minimum atomic E-state index is -0.870. The molecule has 25 heavy (non-hydrogen) atoms. The topological polar surface area (TPSA) is 83.6 Å². The van der Waals surface area contributed by atoms with Gasteiger partial charge in [-0.25, -0.2) is 4.98 Å². The van der Waals surface area contributed by atoms with Crippen molar-refractivity contribution in [1.82, 2.24) is 9.88 Å². The summed E-state index contributed by atoms with van der Waals surface area (Å²) in [6.07, 6.45) is 2.05. The van der Waals surface area contributed by atoms with Gasteiger partial charge in [-0.15, -0.1) is 0 Å². The Balaban J connectivity index is 1.84. The minimum absolute atomic E-state index is 0.0386. The van der Waals surface area contributed by atoms with Crippen molar-refractivity contribution in [2.24, 2.45) is 11.3 Å². The summed E-state index contributed by atoms with van der Waals surface area (Å²) in [5, 5.41) is 9.64. The average molecular weight is 342 g/mol. The van der Waals surface area contributed by atoms with Crippen molar-refractivity contribution in [2.75, 3.05) is 13.1 Å². The standard InChI is InChI=1S/C19H22N2O4/c1-12(2)19(18(23)24)8-9-21(11-19)17(22)14-6-7-15(20-13(14)3)16-5-4-10-25-16/h4-7,10,12H,8-9,11H2,1-3H3,(H,23,24). The van der Waals surface area contributed by atoms with Gasteiger partial charge in [0.15, 0.2) is 5.76 Å². The maximum Gasteiger partial charge on any atom is 0.311 e. The van der Waals surface area contributed by atoms with Crippen molar-refractivity contribution in [3.63, 3.8) is 0 Å². The van der Waals surface area contributed by atoms with Gasteiger partial charge in [0, 0.05) is 13.1 Å². The van der Waals surface area contributed by atoms with Crippen LogP contribution in [-0.4, -0.2) is 40.0 Å². The van der Waals surface area contributed by atoms with Crippen LogP contribution in [-0.2, 0) is 4.79 Å². The van der Waals surface area contributed by atoms with Gasteiger partial charge in [0.25, 0.3) is 5.91 Å². The fraction of sp³-hybridized carbons (Fsp3) is 0.421. The van der Waals surface area contributed by atoms with Crippen LogP contribution >= 0.6 is 0 Å². The van der Waals surface area contributed by atoms with Crippen LogP contribution in [0.1, 0.15) is 36.3 Å². The third-order valence-corrected chi connectivity index (χ3v) is 5.21. The molecule has 0 aliphatic carbocycles. The van der Waals surface area contributed by atoms with Crippen LogP contribution in [0.15, 0.2) is 34.9 Å². The molecule has 6 heteroatoms. The lowest BCUT2D eigenvalue weighted by molar-refractivity contribution is -0.150. The van der Waals surface area contributed by atoms with E-state index in [4.69, 9.17) is 4.42 Å². The Bertz CT molecular complexity index is 798. The summed E-state index contributed by atoms with van der Waals surface area (Å²) >= 11 is 0. The molecule has 2 aromatic rings. The normalized spacial score (nSPS) is 20.2. The molecule has 3 rings (SSSR count). The highest BCUT2D eigenvalue weighted by atomic mass is 16.4. The van der Waals surface area contributed by atoms with Crippen LogP contribution in [0, 0.1) is 18.3 Å². The van der Waals surface area contributed by atoms with E-state index in [9.17, 15) is 14.7 Å². The first kappa shape index (κ1) is 17.2. The highest BCUT2D eigenvalue weighted by Gasteiger charge is 2.48. The molecule has 132 valence electrons. The van der Waals surface area contributed by atoms with Crippen LogP contribution < -0.4 is 0 Å². The number of hydrogen-bond acceptors (Lipinski definition) is 4. The summed E-state index contributed by atoms with van der Waals surface area (Å²) in [5.41, 5.74) is 0.907. The van der Waals surface area contributed by atoms with Crippen LogP contribution in [0.25, 0.3) is 11.5 Å². The average Bonchev–Trinajstić information content (AvgIpc) is 3.24. The first-order chi connectivity index (χ1) is 11.8. The predicted molar refractivity (Wildman–Crippen MR) is 92.1 cm³/mol. The Labute approximate surface area is 146 Å². The molecule has 1 unspecified atom stereocenters. The Hall–Kier alpha value is -2.63. The van der Waals surface area contributed by atoms with E-state index in [-0.39, 0.29) is 18.4 Å². The van der Waals surface area contributed by atoms with Crippen molar-refractivity contribution in [1.29, 1.82) is 0 Å². The number of pyridine rings is 1. The molecule has 1 N–H and O–H groups in total. The molecule has 1 fully saturated rings. The monoisotopic (exact) mass is 342 g/mol. The van der Waals surface area contributed by atoms with Crippen LogP contribution in [0.2, 0.25) is 0 Å². The summed E-state index contributed by atoms with van der Waals surface area (Å²) in [7, 11) is 0. The second kappa shape index (κ2) is 6.35. The maximum atomic E-state index is 12.9. The van der Waals surface area contributed by atoms with Crippen molar-refractivity contribution in [2.45, 2.75) is 27.2 Å². The van der Waals surface area contributed by atoms with Gasteiger partial charge < -0.3 is 14.4 Å². The zero-order valence-electron chi connectivity index (χ0n) is 14.7. The second-order valence-corrected chi connectivity index (χ2v) is 6.90. The fourth-order valence-corrected chi connectivity index (χ4v) is 3.42. The van der Waals surface area contributed by atoms with E-state index >= 15 is 0 Å². The molecule has 1 aliphatic heterocycles. The molecule has 3 heterocycles. The van der Waals surface area contributed by atoms with Crippen molar-refractivity contribution < 1.29 is 19.1 Å². The lowest BCUT2D eigenvalue weighted by atomic mass is 9.76. The summed E-state index contributed by atoms with van der Waals surface area (Å²) in [6.45, 7) is 6.25. The molecule has 0 bridgehead atoms. The number of hydrogen-bond donors (Lipinski definition) is 1. The number of carboxylic acids is 1. The lowest BCUT2D eigenvalue weighted by Crippen LogP contribution is -2.40. The molecule has 6 nitrogen and oxygen atoms in total. The van der Waals surface area contributed by atoms with E-state index in [1.54, 1.807) is 36.3 Å². The van der Waals surface area contributed by atoms with Crippen LogP contribution in [0.5, 0.6) is 0 Å². The molecule has 2 aromatic heterocycles. The zero-order valence-corrected chi connectivity index (χ0v) is 14.7. The molecule has 0 radical (unpaired) electrons. The van der Waals surface area contributed by atoms with E-state index < -0.39 is 11.4 Å². The smallest absolute Gasteiger partial charge is 0.311 e. The third kappa shape index (κ3) is 2.92. The predicted octanol–water partition coefficient (Wildman–Crippen LogP) is 3.22. The fourth-order valence-electron chi connectivity index (χ4n) is 3.42. The number of rotatable bonds is 4. The van der Waals surface area contributed by atoms with Gasteiger partial charge >= 0.3 is 5.97 Å². The van der Waals surface area contributed by atoms with E-state index in [2.05, 4.69) is 4.98 Å². The number of aryl methyl sites for hydroxylation is 1. The number of likely N-dealkylation sites (tertiary alicyclic amines) is 1. The van der Waals surface area contributed by atoms with Gasteiger partial charge in [0.05, 0.1) is 22.9 Å². The quantitative estimate of drug-likeness (QED) is 0.922. The number of carbonyl (C=O) groups excluding carboxylic acids is 1. The Morgan fingerprint density at radius 2 is 2.08 bits per heavy atom. The molecule has 1 amide bonds. The highest BCUT2D eigenvalue weighted by molar-refractivity contribution is 5.96. The maximum absolute atomic E-state index is 12.9. The lowest BCUT2D eigenvalue weighted by Gasteiger charge is -2.28. The van der Waals surface area contributed by atoms with Gasteiger partial charge in [-0.3, -0.25) is 9.59 Å². The number of aromatic nitrogens is 1. The number of aliphatic carboxylic acids is 1. The van der Waals surface area contributed by atoms with Gasteiger partial charge in [-0.1, -0.05) is 13.8 Å². The summed E-state index contributed by atoms with van der Waals surface area (Å²) < 4.78 is 5.33. The van der Waals surface area contributed by atoms with Gasteiger partial charge in [0.1, 0.15) is 5.69 Å². The van der Waals surface area contributed by atoms with E-state index in [0.717, 1.165) is 0 Å². The SMILES string of the molecule is Cc1nc(-c2ccco2)ccc1C(=O)N1CCC(C(=O)O)(C(C)C)C1. The number of carboxylic acid groups (broad SMARTS) is 1. The van der Waals surface area contributed by atoms with Gasteiger partial charge in [0.2, 0.25) is 0 Å². The van der Waals surface area contributed by atoms with Crippen LogP contribution in [0.4, 0.5) is 0 Å². The first-order valence-corrected chi connectivity index (χ1v) is 8.39. The Morgan fingerprint density at radius 3 is 2.60 bits per heavy atom. The van der Waals surface area contributed by atoms with E-state index in [1.165, 1.54) is 0 Å². The van der Waals surface area contributed by atoms with Crippen molar-refractivity contribution in [3.8, 4) is 11.5 Å². The Morgan fingerprint density at radius 1 is 1.32 bits per heavy atom. The number of nitrogens with zero attached hydrogens (tertiary/aromatic N) is 2. The first-order valence-electron chi connectivity index (χ1n) is 8.39. The molecule has 0 aromatic carbocycles. The molecule has 1 aliphatic rings.